The molecule has 0 fully saturated rings. The van der Waals surface area contributed by atoms with Crippen LogP contribution in [-0.2, 0) is 0 Å². The van der Waals surface area contributed by atoms with E-state index >= 15 is 0 Å². The van der Waals surface area contributed by atoms with Crippen molar-refractivity contribution in [3.05, 3.63) is 34.1 Å². The third kappa shape index (κ3) is 3.00. The number of benzene rings is 1. The Morgan fingerprint density at radius 1 is 1.60 bits per heavy atom. The first kappa shape index (κ1) is 12.1. The zero-order valence-corrected chi connectivity index (χ0v) is 9.92. The lowest BCUT2D eigenvalue weighted by Gasteiger charge is -2.15. The molecule has 3 nitrogen and oxygen atoms in total. The van der Waals surface area contributed by atoms with E-state index in [1.165, 1.54) is 17.0 Å². The van der Waals surface area contributed by atoms with Gasteiger partial charge in [0.15, 0.2) is 0 Å². The fourth-order valence-electron chi connectivity index (χ4n) is 1.14. The van der Waals surface area contributed by atoms with Crippen LogP contribution in [0.4, 0.5) is 4.39 Å². The number of halogens is 2. The Morgan fingerprint density at radius 2 is 2.27 bits per heavy atom. The number of hydrogen-bond donors (Lipinski definition) is 1. The summed E-state index contributed by atoms with van der Waals surface area (Å²) in [5, 5.41) is 0. The lowest BCUT2D eigenvalue weighted by molar-refractivity contribution is 0.0798. The van der Waals surface area contributed by atoms with E-state index in [2.05, 4.69) is 15.9 Å². The molecule has 0 atom stereocenters. The quantitative estimate of drug-likeness (QED) is 0.911. The molecule has 0 heterocycles. The highest BCUT2D eigenvalue weighted by molar-refractivity contribution is 9.10. The summed E-state index contributed by atoms with van der Waals surface area (Å²) in [7, 11) is 1.63. The zero-order chi connectivity index (χ0) is 11.4. The third-order valence-corrected chi connectivity index (χ3v) is 2.62. The SMILES string of the molecule is CN(CCN)C(=O)c1ccc(Br)c(F)c1. The molecular weight excluding hydrogens is 263 g/mol. The Kier molecular flexibility index (Phi) is 4.23. The van der Waals surface area contributed by atoms with E-state index in [4.69, 9.17) is 5.73 Å². The van der Waals surface area contributed by atoms with Gasteiger partial charge in [-0.2, -0.15) is 0 Å². The minimum atomic E-state index is -0.443. The van der Waals surface area contributed by atoms with Crippen molar-refractivity contribution in [2.24, 2.45) is 5.73 Å². The number of nitrogens with two attached hydrogens (primary N) is 1. The van der Waals surface area contributed by atoms with E-state index in [-0.39, 0.29) is 5.91 Å². The van der Waals surface area contributed by atoms with Crippen molar-refractivity contribution in [1.29, 1.82) is 0 Å². The first-order valence-electron chi connectivity index (χ1n) is 4.47. The summed E-state index contributed by atoms with van der Waals surface area (Å²) >= 11 is 3.03. The molecule has 1 amide bonds. The maximum absolute atomic E-state index is 13.1. The van der Waals surface area contributed by atoms with Gasteiger partial charge in [0.25, 0.3) is 5.91 Å². The number of carbonyl (C=O) groups is 1. The van der Waals surface area contributed by atoms with Crippen LogP contribution in [0.15, 0.2) is 22.7 Å². The normalized spacial score (nSPS) is 10.1. The fraction of sp³-hybridized carbons (Fsp3) is 0.300. The molecule has 0 radical (unpaired) electrons. The van der Waals surface area contributed by atoms with Crippen LogP contribution in [-0.4, -0.2) is 30.9 Å². The van der Waals surface area contributed by atoms with Gasteiger partial charge in [-0.1, -0.05) is 0 Å². The third-order valence-electron chi connectivity index (χ3n) is 1.98. The van der Waals surface area contributed by atoms with Crippen LogP contribution in [0.1, 0.15) is 10.4 Å². The van der Waals surface area contributed by atoms with Crippen molar-refractivity contribution in [3.63, 3.8) is 0 Å². The molecule has 0 bridgehead atoms. The van der Waals surface area contributed by atoms with Gasteiger partial charge in [0, 0.05) is 25.7 Å². The average molecular weight is 275 g/mol. The van der Waals surface area contributed by atoms with Crippen molar-refractivity contribution in [3.8, 4) is 0 Å². The molecule has 0 aliphatic heterocycles. The summed E-state index contributed by atoms with van der Waals surface area (Å²) in [6.45, 7) is 0.845. The summed E-state index contributed by atoms with van der Waals surface area (Å²) < 4.78 is 13.5. The van der Waals surface area contributed by atoms with Crippen molar-refractivity contribution in [1.82, 2.24) is 4.90 Å². The summed E-state index contributed by atoms with van der Waals surface area (Å²) in [4.78, 5) is 13.1. The van der Waals surface area contributed by atoms with E-state index in [1.807, 2.05) is 0 Å². The molecule has 0 aromatic heterocycles. The monoisotopic (exact) mass is 274 g/mol. The molecule has 0 aliphatic rings. The average Bonchev–Trinajstić information content (AvgIpc) is 2.21. The first-order chi connectivity index (χ1) is 7.06. The zero-order valence-electron chi connectivity index (χ0n) is 8.34. The van der Waals surface area contributed by atoms with Gasteiger partial charge in [-0.25, -0.2) is 4.39 Å². The van der Waals surface area contributed by atoms with Crippen LogP contribution in [0.3, 0.4) is 0 Å². The number of likely N-dealkylation sites (N-methyl/N-ethyl adjacent to an activating group) is 1. The minimum Gasteiger partial charge on any atom is -0.340 e. The van der Waals surface area contributed by atoms with Gasteiger partial charge in [0.1, 0.15) is 5.82 Å². The second-order valence-electron chi connectivity index (χ2n) is 3.14. The van der Waals surface area contributed by atoms with Gasteiger partial charge in [0.2, 0.25) is 0 Å². The summed E-state index contributed by atoms with van der Waals surface area (Å²) in [5.74, 6) is -0.672. The largest absolute Gasteiger partial charge is 0.340 e. The lowest BCUT2D eigenvalue weighted by atomic mass is 10.2. The molecule has 1 aromatic carbocycles. The first-order valence-corrected chi connectivity index (χ1v) is 5.26. The molecule has 2 N–H and O–H groups in total. The predicted molar refractivity (Wildman–Crippen MR) is 60.1 cm³/mol. The van der Waals surface area contributed by atoms with Crippen LogP contribution in [0.2, 0.25) is 0 Å². The Labute approximate surface area is 96.2 Å². The number of amides is 1. The molecular formula is C10H12BrFN2O. The van der Waals surface area contributed by atoms with Crippen LogP contribution in [0, 0.1) is 5.82 Å². The molecule has 0 spiro atoms. The molecule has 1 rings (SSSR count). The molecule has 5 heteroatoms. The number of nitrogens with zero attached hydrogens (tertiary/aromatic N) is 1. The highest BCUT2D eigenvalue weighted by Gasteiger charge is 2.12. The van der Waals surface area contributed by atoms with E-state index in [0.717, 1.165) is 0 Å². The molecule has 82 valence electrons. The van der Waals surface area contributed by atoms with E-state index in [9.17, 15) is 9.18 Å². The standard InChI is InChI=1S/C10H12BrFN2O/c1-14(5-4-13)10(15)7-2-3-8(11)9(12)6-7/h2-3,6H,4-5,13H2,1H3. The van der Waals surface area contributed by atoms with Crippen LogP contribution < -0.4 is 5.73 Å². The van der Waals surface area contributed by atoms with Gasteiger partial charge >= 0.3 is 0 Å². The molecule has 1 aromatic rings. The van der Waals surface area contributed by atoms with Crippen LogP contribution in [0.5, 0.6) is 0 Å². The topological polar surface area (TPSA) is 46.3 Å². The number of rotatable bonds is 3. The highest BCUT2D eigenvalue weighted by atomic mass is 79.9. The second-order valence-corrected chi connectivity index (χ2v) is 4.00. The second kappa shape index (κ2) is 5.23. The summed E-state index contributed by atoms with van der Waals surface area (Å²) in [6, 6.07) is 4.29. The van der Waals surface area contributed by atoms with Gasteiger partial charge in [-0.3, -0.25) is 4.79 Å². The number of hydrogen-bond acceptors (Lipinski definition) is 2. The van der Waals surface area contributed by atoms with E-state index in [0.29, 0.717) is 23.1 Å². The summed E-state index contributed by atoms with van der Waals surface area (Å²) in [6.07, 6.45) is 0. The lowest BCUT2D eigenvalue weighted by Crippen LogP contribution is -2.31. The van der Waals surface area contributed by atoms with Crippen molar-refractivity contribution < 1.29 is 9.18 Å². The fourth-order valence-corrected chi connectivity index (χ4v) is 1.39. The Morgan fingerprint density at radius 3 is 2.80 bits per heavy atom. The maximum Gasteiger partial charge on any atom is 0.253 e. The Balaban J connectivity index is 2.87. The smallest absolute Gasteiger partial charge is 0.253 e. The summed E-state index contributed by atoms with van der Waals surface area (Å²) in [5.41, 5.74) is 5.65. The number of carbonyl (C=O) groups excluding carboxylic acids is 1. The van der Waals surface area contributed by atoms with Gasteiger partial charge in [-0.05, 0) is 34.1 Å². The molecule has 15 heavy (non-hydrogen) atoms. The van der Waals surface area contributed by atoms with E-state index in [1.54, 1.807) is 13.1 Å². The van der Waals surface area contributed by atoms with Gasteiger partial charge in [-0.15, -0.1) is 0 Å². The predicted octanol–water partition coefficient (Wildman–Crippen LogP) is 1.62. The van der Waals surface area contributed by atoms with Crippen molar-refractivity contribution >= 4 is 21.8 Å². The van der Waals surface area contributed by atoms with Gasteiger partial charge in [0.05, 0.1) is 4.47 Å². The highest BCUT2D eigenvalue weighted by Crippen LogP contribution is 2.17. The van der Waals surface area contributed by atoms with Crippen LogP contribution in [0.25, 0.3) is 0 Å². The molecule has 0 aliphatic carbocycles. The molecule has 0 saturated heterocycles. The Hall–Kier alpha value is -0.940. The molecule has 0 saturated carbocycles. The minimum absolute atomic E-state index is 0.230. The van der Waals surface area contributed by atoms with Gasteiger partial charge < -0.3 is 10.6 Å². The van der Waals surface area contributed by atoms with Crippen molar-refractivity contribution in [2.75, 3.05) is 20.1 Å². The van der Waals surface area contributed by atoms with Crippen molar-refractivity contribution in [2.45, 2.75) is 0 Å². The van der Waals surface area contributed by atoms with Crippen LogP contribution >= 0.6 is 15.9 Å². The van der Waals surface area contributed by atoms with E-state index < -0.39 is 5.82 Å². The molecule has 0 unspecified atom stereocenters. The maximum atomic E-state index is 13.1. The Bertz CT molecular complexity index is 370.